The lowest BCUT2D eigenvalue weighted by Crippen LogP contribution is -2.17. The number of anilines is 1. The fraction of sp³-hybridized carbons (Fsp3) is 0.562. The fourth-order valence-corrected chi connectivity index (χ4v) is 3.02. The summed E-state index contributed by atoms with van der Waals surface area (Å²) in [4.78, 5) is -0.00400. The maximum Gasteiger partial charge on any atom is 0.150 e. The van der Waals surface area contributed by atoms with Crippen LogP contribution in [0.15, 0.2) is 12.1 Å². The van der Waals surface area contributed by atoms with E-state index in [1.165, 1.54) is 37.8 Å². The molecule has 1 fully saturated rings. The van der Waals surface area contributed by atoms with E-state index in [1.54, 1.807) is 0 Å². The molecule has 2 nitrogen and oxygen atoms in total. The van der Waals surface area contributed by atoms with Crippen molar-refractivity contribution in [2.75, 3.05) is 11.9 Å². The molecule has 0 aromatic heterocycles. The normalized spacial score (nSPS) is 22.0. The van der Waals surface area contributed by atoms with E-state index in [4.69, 9.17) is 18.0 Å². The van der Waals surface area contributed by atoms with Crippen molar-refractivity contribution in [1.82, 2.24) is 0 Å². The SMILES string of the molecule is CC1CCC(CCNc2c(F)cc(C(N)=S)cc2F)CC1. The van der Waals surface area contributed by atoms with Crippen LogP contribution in [0, 0.1) is 23.5 Å². The van der Waals surface area contributed by atoms with Crippen molar-refractivity contribution in [3.8, 4) is 0 Å². The number of halogens is 2. The second-order valence-electron chi connectivity index (χ2n) is 6.02. The third kappa shape index (κ3) is 4.37. The van der Waals surface area contributed by atoms with Gasteiger partial charge >= 0.3 is 0 Å². The number of benzene rings is 1. The molecule has 0 aliphatic heterocycles. The van der Waals surface area contributed by atoms with Gasteiger partial charge in [-0.05, 0) is 30.4 Å². The van der Waals surface area contributed by atoms with Crippen molar-refractivity contribution in [1.29, 1.82) is 0 Å². The van der Waals surface area contributed by atoms with Crippen LogP contribution in [0.4, 0.5) is 14.5 Å². The Kier molecular flexibility index (Phi) is 5.51. The minimum atomic E-state index is -0.643. The first-order valence-electron chi connectivity index (χ1n) is 7.50. The molecular formula is C16H22F2N2S. The van der Waals surface area contributed by atoms with E-state index in [2.05, 4.69) is 12.2 Å². The van der Waals surface area contributed by atoms with E-state index in [-0.39, 0.29) is 16.2 Å². The molecule has 1 aromatic rings. The largest absolute Gasteiger partial charge is 0.389 e. The van der Waals surface area contributed by atoms with Gasteiger partial charge in [0.1, 0.15) is 22.3 Å². The van der Waals surface area contributed by atoms with E-state index in [0.717, 1.165) is 12.3 Å². The summed E-state index contributed by atoms with van der Waals surface area (Å²) in [7, 11) is 0. The Morgan fingerprint density at radius 2 is 1.81 bits per heavy atom. The van der Waals surface area contributed by atoms with Crippen LogP contribution in [-0.4, -0.2) is 11.5 Å². The average molecular weight is 312 g/mol. The summed E-state index contributed by atoms with van der Waals surface area (Å²) in [5.74, 6) is 0.192. The summed E-state index contributed by atoms with van der Waals surface area (Å²) < 4.78 is 27.7. The first-order chi connectivity index (χ1) is 9.97. The van der Waals surface area contributed by atoms with Crippen LogP contribution in [0.5, 0.6) is 0 Å². The molecule has 0 spiro atoms. The van der Waals surface area contributed by atoms with E-state index in [1.807, 2.05) is 0 Å². The molecule has 21 heavy (non-hydrogen) atoms. The highest BCUT2D eigenvalue weighted by molar-refractivity contribution is 7.80. The molecule has 0 atom stereocenters. The minimum Gasteiger partial charge on any atom is -0.389 e. The molecule has 116 valence electrons. The Bertz CT molecular complexity index is 488. The number of hydrogen-bond donors (Lipinski definition) is 2. The van der Waals surface area contributed by atoms with Crippen molar-refractivity contribution >= 4 is 22.9 Å². The molecule has 2 rings (SSSR count). The van der Waals surface area contributed by atoms with Crippen molar-refractivity contribution in [3.63, 3.8) is 0 Å². The molecule has 1 aliphatic rings. The van der Waals surface area contributed by atoms with Gasteiger partial charge in [-0.2, -0.15) is 0 Å². The molecule has 3 N–H and O–H groups in total. The van der Waals surface area contributed by atoms with E-state index in [9.17, 15) is 8.78 Å². The Morgan fingerprint density at radius 3 is 2.33 bits per heavy atom. The lowest BCUT2D eigenvalue weighted by molar-refractivity contribution is 0.281. The van der Waals surface area contributed by atoms with Gasteiger partial charge in [0.15, 0.2) is 0 Å². The van der Waals surface area contributed by atoms with Gasteiger partial charge in [0.05, 0.1) is 0 Å². The van der Waals surface area contributed by atoms with Crippen LogP contribution in [0.25, 0.3) is 0 Å². The van der Waals surface area contributed by atoms with Crippen LogP contribution >= 0.6 is 12.2 Å². The van der Waals surface area contributed by atoms with Gasteiger partial charge < -0.3 is 11.1 Å². The number of rotatable bonds is 5. The Labute approximate surface area is 130 Å². The van der Waals surface area contributed by atoms with E-state index >= 15 is 0 Å². The average Bonchev–Trinajstić information content (AvgIpc) is 2.43. The van der Waals surface area contributed by atoms with Crippen molar-refractivity contribution in [2.45, 2.75) is 39.0 Å². The molecule has 0 unspecified atom stereocenters. The van der Waals surface area contributed by atoms with Gasteiger partial charge in [0.25, 0.3) is 0 Å². The zero-order chi connectivity index (χ0) is 15.4. The molecule has 0 amide bonds. The second-order valence-corrected chi connectivity index (χ2v) is 6.46. The van der Waals surface area contributed by atoms with Gasteiger partial charge in [0.2, 0.25) is 0 Å². The van der Waals surface area contributed by atoms with Crippen LogP contribution in [0.2, 0.25) is 0 Å². The number of nitrogens with two attached hydrogens (primary N) is 1. The summed E-state index contributed by atoms with van der Waals surface area (Å²) in [6.07, 6.45) is 5.90. The third-order valence-electron chi connectivity index (χ3n) is 4.32. The molecule has 1 aromatic carbocycles. The predicted molar refractivity (Wildman–Crippen MR) is 86.5 cm³/mol. The van der Waals surface area contributed by atoms with Crippen LogP contribution in [0.3, 0.4) is 0 Å². The number of nitrogens with one attached hydrogen (secondary N) is 1. The Hall–Kier alpha value is -1.23. The van der Waals surface area contributed by atoms with Crippen LogP contribution < -0.4 is 11.1 Å². The predicted octanol–water partition coefficient (Wildman–Crippen LogP) is 4.23. The molecular weight excluding hydrogens is 290 g/mol. The quantitative estimate of drug-likeness (QED) is 0.799. The second kappa shape index (κ2) is 7.16. The molecule has 0 bridgehead atoms. The summed E-state index contributed by atoms with van der Waals surface area (Å²) in [6.45, 7) is 2.86. The summed E-state index contributed by atoms with van der Waals surface area (Å²) in [5.41, 5.74) is 5.52. The van der Waals surface area contributed by atoms with Gasteiger partial charge in [-0.1, -0.05) is 44.8 Å². The zero-order valence-electron chi connectivity index (χ0n) is 12.3. The first-order valence-corrected chi connectivity index (χ1v) is 7.91. The number of thiocarbonyl (C=S) groups is 1. The third-order valence-corrected chi connectivity index (χ3v) is 4.55. The lowest BCUT2D eigenvalue weighted by atomic mass is 9.81. The summed E-state index contributed by atoms with van der Waals surface area (Å²) in [6, 6.07) is 2.35. The maximum atomic E-state index is 13.9. The number of hydrogen-bond acceptors (Lipinski definition) is 2. The lowest BCUT2D eigenvalue weighted by Gasteiger charge is -2.26. The molecule has 0 heterocycles. The summed E-state index contributed by atoms with van der Waals surface area (Å²) >= 11 is 4.73. The topological polar surface area (TPSA) is 38.0 Å². The van der Waals surface area contributed by atoms with Gasteiger partial charge in [-0.3, -0.25) is 0 Å². The highest BCUT2D eigenvalue weighted by Gasteiger charge is 2.18. The first kappa shape index (κ1) is 16.1. The highest BCUT2D eigenvalue weighted by atomic mass is 32.1. The van der Waals surface area contributed by atoms with Crippen LogP contribution in [-0.2, 0) is 0 Å². The van der Waals surface area contributed by atoms with E-state index < -0.39 is 11.6 Å². The Morgan fingerprint density at radius 1 is 1.24 bits per heavy atom. The highest BCUT2D eigenvalue weighted by Crippen LogP contribution is 2.30. The van der Waals surface area contributed by atoms with Gasteiger partial charge in [-0.15, -0.1) is 0 Å². The molecule has 0 saturated heterocycles. The molecule has 1 aliphatic carbocycles. The fourth-order valence-electron chi connectivity index (χ4n) is 2.90. The monoisotopic (exact) mass is 312 g/mol. The standard InChI is InChI=1S/C16H22F2N2S/c1-10-2-4-11(5-3-10)6-7-20-15-13(17)8-12(16(19)21)9-14(15)18/h8-11,20H,2-7H2,1H3,(H2,19,21). The smallest absolute Gasteiger partial charge is 0.150 e. The molecule has 5 heteroatoms. The van der Waals surface area contributed by atoms with E-state index in [0.29, 0.717) is 12.5 Å². The maximum absolute atomic E-state index is 13.9. The van der Waals surface area contributed by atoms with Crippen molar-refractivity contribution in [3.05, 3.63) is 29.3 Å². The van der Waals surface area contributed by atoms with Gasteiger partial charge in [-0.25, -0.2) is 8.78 Å². The van der Waals surface area contributed by atoms with Crippen LogP contribution in [0.1, 0.15) is 44.6 Å². The summed E-state index contributed by atoms with van der Waals surface area (Å²) in [5, 5.41) is 2.87. The van der Waals surface area contributed by atoms with Gasteiger partial charge in [0, 0.05) is 12.1 Å². The Balaban J connectivity index is 1.90. The molecule has 0 radical (unpaired) electrons. The van der Waals surface area contributed by atoms with Crippen molar-refractivity contribution < 1.29 is 8.78 Å². The minimum absolute atomic E-state index is 0.00400. The zero-order valence-corrected chi connectivity index (χ0v) is 13.1. The van der Waals surface area contributed by atoms with Crippen molar-refractivity contribution in [2.24, 2.45) is 17.6 Å². The molecule has 1 saturated carbocycles.